The number of unbranched alkanes of at least 4 members (excludes halogenated alkanes) is 6. The highest BCUT2D eigenvalue weighted by Crippen LogP contribution is 2.62. The maximum absolute atomic E-state index is 12.6. The summed E-state index contributed by atoms with van der Waals surface area (Å²) in [5.41, 5.74) is 5.74. The number of nitrogens with one attached hydrogen (secondary N) is 1. The molecule has 4 fully saturated rings. The predicted octanol–water partition coefficient (Wildman–Crippen LogP) is 12.2. The van der Waals surface area contributed by atoms with Crippen molar-refractivity contribution in [3.63, 3.8) is 0 Å². The van der Waals surface area contributed by atoms with Gasteiger partial charge in [0.15, 0.2) is 17.4 Å². The van der Waals surface area contributed by atoms with Crippen molar-refractivity contribution in [3.05, 3.63) is 6.61 Å². The van der Waals surface area contributed by atoms with E-state index in [-0.39, 0.29) is 265 Å². The van der Waals surface area contributed by atoms with Crippen LogP contribution in [0.25, 0.3) is 0 Å². The van der Waals surface area contributed by atoms with Gasteiger partial charge in [0.1, 0.15) is 11.6 Å². The summed E-state index contributed by atoms with van der Waals surface area (Å²) in [6.45, 7) is 44.9. The van der Waals surface area contributed by atoms with Crippen molar-refractivity contribution in [1.82, 2.24) is 5.32 Å². The summed E-state index contributed by atoms with van der Waals surface area (Å²) in [6.07, 6.45) is 32.5. The summed E-state index contributed by atoms with van der Waals surface area (Å²) in [5, 5.41) is 53.3. The number of carboxylic acids is 5. The highest BCUT2D eigenvalue weighted by atomic mass is 79.9. The molecular weight excluding hydrogens is 2040 g/mol. The zero-order chi connectivity index (χ0) is 106. The minimum atomic E-state index is -1.06. The molecule has 0 radical (unpaired) electrons. The van der Waals surface area contributed by atoms with Crippen molar-refractivity contribution in [1.29, 1.82) is 0 Å². The molecule has 836 valence electrons. The summed E-state index contributed by atoms with van der Waals surface area (Å²) in [4.78, 5) is 155. The Bertz CT molecular complexity index is 3180. The van der Waals surface area contributed by atoms with Crippen LogP contribution in [0.15, 0.2) is 0 Å². The van der Waals surface area contributed by atoms with Crippen LogP contribution in [0.1, 0.15) is 382 Å². The highest BCUT2D eigenvalue weighted by molar-refractivity contribution is 7.76. The third kappa shape index (κ3) is 87.6. The molecule has 1 amide bonds. The largest absolute Gasteiger partial charge is 1.00 e. The molecule has 0 saturated carbocycles. The molecule has 4 aliphatic rings. The SMILES string of the molecule is CC(C)O.CC(C)OC(=O)CCC(=O)CCC(=O)OC(C)C.CC(C)OC(=O)CCC1(CCC(=O)O)OCCO1.CC(C)OC(=O)CCC1(CCC(=O)OC(C)C)OCCO1.CCCC[P+](CCCC)(CCCC)CCCN.CCCC[P+](CCCC)(CCCC)CCCNC(=O)CCC1(CCC(=O)OC(C)C)OCCO1.Cl.O=C(O)CCC(=O)CCC(=O)O.O=C(O)CCC1(CCC(=O)O)O[CH+]CO1.[Br-].[Br-]. The van der Waals surface area contributed by atoms with Gasteiger partial charge in [-0.05, 0) is 155 Å². The smallest absolute Gasteiger partial charge is 0.306 e. The number of carbonyl (C=O) groups is 14. The average Bonchev–Trinajstić information content (AvgIpc) is 1.72. The number of halogens is 3. The second-order valence-corrected chi connectivity index (χ2v) is 46.1. The van der Waals surface area contributed by atoms with E-state index in [1.165, 1.54) is 121 Å². The van der Waals surface area contributed by atoms with E-state index >= 15 is 0 Å². The van der Waals surface area contributed by atoms with Gasteiger partial charge in [0.2, 0.25) is 18.3 Å². The Labute approximate surface area is 877 Å². The molecule has 142 heavy (non-hydrogen) atoms. The summed E-state index contributed by atoms with van der Waals surface area (Å²) < 4.78 is 74.4. The van der Waals surface area contributed by atoms with E-state index in [0.717, 1.165) is 19.5 Å². The van der Waals surface area contributed by atoms with Crippen LogP contribution in [0.5, 0.6) is 0 Å². The molecule has 0 atom stereocenters. The minimum absolute atomic E-state index is 0. The Morgan fingerprint density at radius 1 is 0.310 bits per heavy atom. The van der Waals surface area contributed by atoms with E-state index in [0.29, 0.717) is 78.2 Å². The van der Waals surface area contributed by atoms with Gasteiger partial charge in [0, 0.05) is 111 Å². The zero-order valence-corrected chi connectivity index (χ0v) is 95.5. The van der Waals surface area contributed by atoms with E-state index in [9.17, 15) is 67.1 Å². The van der Waals surface area contributed by atoms with Crippen LogP contribution >= 0.6 is 26.9 Å². The number of carboxylic acid groups (broad SMARTS) is 5. The van der Waals surface area contributed by atoms with Gasteiger partial charge in [-0.2, -0.15) is 4.74 Å². The van der Waals surface area contributed by atoms with Crippen molar-refractivity contribution in [3.8, 4) is 0 Å². The van der Waals surface area contributed by atoms with E-state index in [2.05, 4.69) is 46.9 Å². The van der Waals surface area contributed by atoms with E-state index in [4.69, 9.17) is 103 Å². The number of hydrogen-bond donors (Lipinski definition) is 8. The number of aliphatic hydroxyl groups is 1. The van der Waals surface area contributed by atoms with Crippen molar-refractivity contribution < 1.29 is 198 Å². The fraction of sp³-hybridized carbons (Fsp3) is 0.851. The van der Waals surface area contributed by atoms with Gasteiger partial charge < -0.3 is 137 Å². The van der Waals surface area contributed by atoms with Crippen molar-refractivity contribution in [2.45, 2.75) is 448 Å². The minimum Gasteiger partial charge on any atom is -1.00 e. The number of carbonyl (C=O) groups excluding carboxylic acids is 9. The first-order valence-electron chi connectivity index (χ1n) is 51.0. The Balaban J connectivity index is -0.000000303. The standard InChI is InChI=1S/C27H52NO5P.C15H35NP.C15H26O6.C13H22O5.C12H20O6.C9H12O6.C7H10O5.C3H8O.2BrH.ClH/c1-6-9-20-34(21-10-7-2,22-11-8-3)23-12-17-28-25(29)13-15-27(31-18-19-32-27)16-14-26(30)33-24(4)5;1-4-7-12-17(13-8-5-2,14-9-6-3)15-10-11-16;1-11(2)20-13(16)5-7-15(18-9-10-19-15)8-6-14(17)21-12(3)4;1-9(2)17-12(15)7-5-11(14)6-8-13(16)18-10(3)4;1-9(2)18-11(15)4-6-12(5-3-10(13)14)16-7-8-17-12;10-7(11)1-3-9(4-2-8(12)13)14-5-6-15-9;8-5(1-3-6(9)10)2-4-7(11)12;1-3(2)4;;;/h24H,6-23H2,1-5H3;4-16H2,1-3H3;11-12H,5-10H2,1-4H3;9-10H,5-8H2,1-4H3;9H,3-8H2,1-2H3,(H,13,14);5H,1-4,6H2,(H-,10,11,12,13);1-4H2,(H,9,10)(H,11,12);3-4H,1-2H3;3*1H/q;+1;;;;;;;;;. The molecule has 4 saturated heterocycles. The lowest BCUT2D eigenvalue weighted by molar-refractivity contribution is -0.180. The van der Waals surface area contributed by atoms with Crippen molar-refractivity contribution >= 4 is 110 Å². The maximum Gasteiger partial charge on any atom is 0.306 e. The third-order valence-corrected chi connectivity index (χ3v) is 31.5. The van der Waals surface area contributed by atoms with Gasteiger partial charge in [0.25, 0.3) is 6.61 Å². The average molecular weight is 2230 g/mol. The van der Waals surface area contributed by atoms with Gasteiger partial charge in [-0.25, -0.2) is 0 Å². The topological polar surface area (TPSA) is 528 Å². The van der Waals surface area contributed by atoms with Crippen LogP contribution in [0.3, 0.4) is 0 Å². The number of Topliss-reactive ketones (excluding diaryl/α,β-unsaturated/α-hetero) is 2. The van der Waals surface area contributed by atoms with Gasteiger partial charge in [0.05, 0.1) is 196 Å². The molecule has 0 bridgehead atoms. The number of ether oxygens (including phenoxy) is 14. The molecule has 0 aromatic carbocycles. The molecule has 36 nitrogen and oxygen atoms in total. The second kappa shape index (κ2) is 90.6. The van der Waals surface area contributed by atoms with E-state index < -0.39 is 67.5 Å². The molecule has 4 rings (SSSR count). The quantitative estimate of drug-likeness (QED) is 0.00921. The van der Waals surface area contributed by atoms with Crippen LogP contribution in [-0.2, 0) is 133 Å². The molecule has 0 aromatic heterocycles. The maximum atomic E-state index is 12.6. The van der Waals surface area contributed by atoms with Gasteiger partial charge in [-0.15, -0.1) is 12.4 Å². The Hall–Kier alpha value is -5.44. The lowest BCUT2D eigenvalue weighted by Crippen LogP contribution is -3.00. The van der Waals surface area contributed by atoms with E-state index in [1.54, 1.807) is 102 Å². The lowest BCUT2D eigenvalue weighted by atomic mass is 10.0. The number of esters is 6. The fourth-order valence-electron chi connectivity index (χ4n) is 14.5. The first-order valence-corrected chi connectivity index (χ1v) is 56.1. The normalized spacial score (nSPS) is 14.3. The summed E-state index contributed by atoms with van der Waals surface area (Å²) in [5.74, 6) is -10.9. The lowest BCUT2D eigenvalue weighted by Gasteiger charge is -2.28. The number of ketones is 2. The molecule has 41 heteroatoms. The van der Waals surface area contributed by atoms with Gasteiger partial charge in [-0.3, -0.25) is 67.1 Å². The Morgan fingerprint density at radius 2 is 0.521 bits per heavy atom. The zero-order valence-electron chi connectivity index (χ0n) is 89.8. The van der Waals surface area contributed by atoms with Crippen LogP contribution in [0.4, 0.5) is 0 Å². The van der Waals surface area contributed by atoms with Crippen LogP contribution in [-0.4, -0.2) is 288 Å². The predicted molar refractivity (Wildman–Crippen MR) is 542 cm³/mol. The molecule has 0 aromatic rings. The highest BCUT2D eigenvalue weighted by Gasteiger charge is 2.45. The third-order valence-electron chi connectivity index (χ3n) is 21.4. The van der Waals surface area contributed by atoms with Gasteiger partial charge >= 0.3 is 65.7 Å². The molecule has 0 unspecified atom stereocenters. The summed E-state index contributed by atoms with van der Waals surface area (Å²) in [6, 6.07) is 0. The molecular formula is C101H188Br2ClN2O34P2+. The Morgan fingerprint density at radius 3 is 0.739 bits per heavy atom. The van der Waals surface area contributed by atoms with Gasteiger partial charge in [-0.1, -0.05) is 80.1 Å². The molecule has 4 heterocycles. The van der Waals surface area contributed by atoms with Crippen molar-refractivity contribution in [2.75, 3.05) is 109 Å². The molecule has 0 spiro atoms. The molecule has 9 N–H and O–H groups in total. The fourth-order valence-corrected chi connectivity index (χ4v) is 24.8. The van der Waals surface area contributed by atoms with Crippen LogP contribution in [0.2, 0.25) is 0 Å². The van der Waals surface area contributed by atoms with Crippen LogP contribution in [0, 0.1) is 6.61 Å². The monoisotopic (exact) mass is 2230 g/mol. The first-order chi connectivity index (χ1) is 65.4. The number of amides is 1. The molecule has 0 aliphatic carbocycles. The first kappa shape index (κ1) is 150. The summed E-state index contributed by atoms with van der Waals surface area (Å²) in [7, 11) is -1.56. The Kier molecular flexibility index (Phi) is 95.4. The number of hydrogen-bond acceptors (Lipinski definition) is 30. The number of aliphatic carboxylic acids is 5. The van der Waals surface area contributed by atoms with Crippen LogP contribution < -0.4 is 45.0 Å². The number of nitrogens with two attached hydrogens (primary N) is 1. The second-order valence-electron chi connectivity index (χ2n) is 37.1. The summed E-state index contributed by atoms with van der Waals surface area (Å²) >= 11 is 0. The van der Waals surface area contributed by atoms with E-state index in [1.807, 2.05) is 13.8 Å². The molecule has 4 aliphatic heterocycles. The van der Waals surface area contributed by atoms with Crippen molar-refractivity contribution in [2.24, 2.45) is 5.73 Å². The number of rotatable bonds is 67. The number of aliphatic hydroxyl groups excluding tert-OH is 1.